The second-order valence-electron chi connectivity index (χ2n) is 6.10. The summed E-state index contributed by atoms with van der Waals surface area (Å²) in [5, 5.41) is 7.62. The van der Waals surface area contributed by atoms with Gasteiger partial charge in [-0.1, -0.05) is 17.3 Å². The van der Waals surface area contributed by atoms with Gasteiger partial charge in [0.25, 0.3) is 0 Å². The van der Waals surface area contributed by atoms with Gasteiger partial charge in [0.15, 0.2) is 32.2 Å². The molecule has 10 heteroatoms. The summed E-state index contributed by atoms with van der Waals surface area (Å²) >= 11 is 0. The van der Waals surface area contributed by atoms with E-state index in [0.717, 1.165) is 11.8 Å². The van der Waals surface area contributed by atoms with E-state index >= 15 is 0 Å². The normalized spacial score (nSPS) is 12.0. The van der Waals surface area contributed by atoms with Crippen LogP contribution in [-0.2, 0) is 16.4 Å². The molecule has 1 aromatic carbocycles. The van der Waals surface area contributed by atoms with Crippen LogP contribution >= 0.6 is 0 Å². The molecular weight excluding hydrogens is 373 g/mol. The van der Waals surface area contributed by atoms with Crippen molar-refractivity contribution in [1.82, 2.24) is 24.8 Å². The fourth-order valence-electron chi connectivity index (χ4n) is 2.79. The maximum absolute atomic E-state index is 14.2. The maximum atomic E-state index is 14.2. The summed E-state index contributed by atoms with van der Waals surface area (Å²) in [5.74, 6) is -0.0480. The third-order valence-electron chi connectivity index (χ3n) is 4.11. The van der Waals surface area contributed by atoms with Gasteiger partial charge in [-0.15, -0.1) is 0 Å². The average molecular weight is 387 g/mol. The topological polar surface area (TPSA) is 104 Å². The van der Waals surface area contributed by atoms with E-state index in [1.807, 2.05) is 0 Å². The number of hydrogen-bond donors (Lipinski definition) is 0. The lowest BCUT2D eigenvalue weighted by molar-refractivity contribution is 0.305. The van der Waals surface area contributed by atoms with Crippen molar-refractivity contribution >= 4 is 20.9 Å². The summed E-state index contributed by atoms with van der Waals surface area (Å²) in [6, 6.07) is 7.77. The number of rotatable bonds is 4. The Balaban J connectivity index is 1.85. The Labute approximate surface area is 153 Å². The van der Waals surface area contributed by atoms with Gasteiger partial charge in [-0.3, -0.25) is 0 Å². The van der Waals surface area contributed by atoms with E-state index in [-0.39, 0.29) is 10.5 Å². The number of nitrogens with zero attached hydrogens (tertiary/aromatic N) is 5. The number of sulfone groups is 1. The van der Waals surface area contributed by atoms with E-state index in [4.69, 9.17) is 4.63 Å². The molecule has 27 heavy (non-hydrogen) atoms. The van der Waals surface area contributed by atoms with E-state index in [0.29, 0.717) is 29.3 Å². The van der Waals surface area contributed by atoms with Crippen LogP contribution in [0.5, 0.6) is 0 Å². The molecule has 0 saturated heterocycles. The van der Waals surface area contributed by atoms with Crippen LogP contribution in [0.4, 0.5) is 4.39 Å². The van der Waals surface area contributed by atoms with E-state index in [2.05, 4.69) is 20.3 Å². The van der Waals surface area contributed by atoms with Crippen LogP contribution < -0.4 is 0 Å². The van der Waals surface area contributed by atoms with Crippen LogP contribution in [0.3, 0.4) is 0 Å². The Hall–Kier alpha value is -3.14. The zero-order valence-corrected chi connectivity index (χ0v) is 15.2. The van der Waals surface area contributed by atoms with Crippen LogP contribution in [0.2, 0.25) is 0 Å². The molecule has 0 spiro atoms. The van der Waals surface area contributed by atoms with Crippen molar-refractivity contribution in [2.75, 3.05) is 6.26 Å². The van der Waals surface area contributed by atoms with E-state index in [1.54, 1.807) is 29.7 Å². The first-order chi connectivity index (χ1) is 12.8. The van der Waals surface area contributed by atoms with Crippen molar-refractivity contribution in [1.29, 1.82) is 0 Å². The van der Waals surface area contributed by atoms with Gasteiger partial charge in [-0.25, -0.2) is 27.4 Å². The van der Waals surface area contributed by atoms with Crippen LogP contribution in [-0.4, -0.2) is 39.5 Å². The number of imidazole rings is 1. The van der Waals surface area contributed by atoms with E-state index in [9.17, 15) is 12.8 Å². The summed E-state index contributed by atoms with van der Waals surface area (Å²) in [5.41, 5.74) is 2.43. The van der Waals surface area contributed by atoms with Gasteiger partial charge in [-0.2, -0.15) is 0 Å². The quantitative estimate of drug-likeness (QED) is 0.529. The minimum absolute atomic E-state index is 0.00967. The van der Waals surface area contributed by atoms with Gasteiger partial charge in [0, 0.05) is 12.5 Å². The summed E-state index contributed by atoms with van der Waals surface area (Å²) in [4.78, 5) is 8.37. The number of aryl methyl sites for hydroxylation is 1. The third-order valence-corrected chi connectivity index (χ3v) is 5.11. The highest BCUT2D eigenvalue weighted by molar-refractivity contribution is 7.90. The first-order valence-electron chi connectivity index (χ1n) is 7.94. The Morgan fingerprint density at radius 1 is 1.19 bits per heavy atom. The lowest BCUT2D eigenvalue weighted by Gasteiger charge is -2.08. The Bertz CT molecular complexity index is 1250. The second-order valence-corrected chi connectivity index (χ2v) is 8.07. The minimum Gasteiger partial charge on any atom is -0.318 e. The van der Waals surface area contributed by atoms with Gasteiger partial charge in [0.05, 0.1) is 12.1 Å². The van der Waals surface area contributed by atoms with Crippen molar-refractivity contribution in [2.24, 2.45) is 0 Å². The highest BCUT2D eigenvalue weighted by Crippen LogP contribution is 2.27. The third kappa shape index (κ3) is 3.08. The van der Waals surface area contributed by atoms with E-state index in [1.165, 1.54) is 18.3 Å². The molecule has 3 aromatic heterocycles. The fraction of sp³-hybridized carbons (Fsp3) is 0.176. The molecule has 0 aliphatic heterocycles. The molecule has 0 aliphatic carbocycles. The monoisotopic (exact) mass is 387 g/mol. The highest BCUT2D eigenvalue weighted by atomic mass is 32.2. The first-order valence-corrected chi connectivity index (χ1v) is 9.83. The van der Waals surface area contributed by atoms with Crippen LogP contribution in [0.15, 0.2) is 46.2 Å². The van der Waals surface area contributed by atoms with Crippen molar-refractivity contribution in [3.63, 3.8) is 0 Å². The molecule has 0 radical (unpaired) electrons. The minimum atomic E-state index is -3.38. The molecule has 4 rings (SSSR count). The molecule has 0 unspecified atom stereocenters. The molecule has 0 fully saturated rings. The number of benzene rings is 1. The molecule has 0 atom stereocenters. The fourth-order valence-corrected chi connectivity index (χ4v) is 3.35. The largest absolute Gasteiger partial charge is 0.318 e. The summed E-state index contributed by atoms with van der Waals surface area (Å²) in [6.07, 6.45) is 2.57. The van der Waals surface area contributed by atoms with Crippen LogP contribution in [0.25, 0.3) is 22.6 Å². The zero-order valence-electron chi connectivity index (χ0n) is 14.4. The average Bonchev–Trinajstić information content (AvgIpc) is 3.19. The number of aromatic nitrogens is 5. The van der Waals surface area contributed by atoms with E-state index < -0.39 is 15.7 Å². The Kier molecular flexibility index (Phi) is 3.99. The Morgan fingerprint density at radius 2 is 2.00 bits per heavy atom. The summed E-state index contributed by atoms with van der Waals surface area (Å²) < 4.78 is 43.9. The molecule has 3 heterocycles. The van der Waals surface area contributed by atoms with Gasteiger partial charge in [-0.05, 0) is 35.8 Å². The molecule has 0 N–H and O–H groups in total. The van der Waals surface area contributed by atoms with Gasteiger partial charge >= 0.3 is 0 Å². The highest BCUT2D eigenvalue weighted by Gasteiger charge is 2.20. The predicted octanol–water partition coefficient (Wildman–Crippen LogP) is 2.38. The maximum Gasteiger partial charge on any atom is 0.192 e. The lowest BCUT2D eigenvalue weighted by Crippen LogP contribution is -2.05. The molecule has 0 aliphatic rings. The molecule has 0 bridgehead atoms. The van der Waals surface area contributed by atoms with Crippen molar-refractivity contribution in [2.45, 2.75) is 18.5 Å². The predicted molar refractivity (Wildman–Crippen MR) is 94.2 cm³/mol. The molecule has 4 aromatic rings. The number of pyridine rings is 1. The van der Waals surface area contributed by atoms with Crippen LogP contribution in [0, 0.1) is 12.7 Å². The number of fused-ring (bicyclic) bond motifs is 1. The van der Waals surface area contributed by atoms with Crippen molar-refractivity contribution in [3.05, 3.63) is 53.6 Å². The van der Waals surface area contributed by atoms with Crippen molar-refractivity contribution < 1.29 is 17.4 Å². The lowest BCUT2D eigenvalue weighted by atomic mass is 10.2. The number of halogens is 1. The summed E-state index contributed by atoms with van der Waals surface area (Å²) in [7, 11) is -3.38. The molecule has 0 amide bonds. The molecule has 8 nitrogen and oxygen atoms in total. The number of hydrogen-bond acceptors (Lipinski definition) is 7. The summed E-state index contributed by atoms with van der Waals surface area (Å²) in [6.45, 7) is 2.01. The smallest absolute Gasteiger partial charge is 0.192 e. The number of para-hydroxylation sites is 1. The molecule has 0 saturated carbocycles. The zero-order chi connectivity index (χ0) is 19.2. The molecular formula is C17H14FN5O3S. The molecule has 138 valence electrons. The standard InChI is InChI=1S/C17H14FN5O3S/c1-10-15(22-26-21-10)17-20-16-12(18)4-3-5-13(16)23(17)9-11-6-7-14(19-8-11)27(2,24)25/h3-8H,9H2,1-2H3. The van der Waals surface area contributed by atoms with Gasteiger partial charge in [0.1, 0.15) is 11.2 Å². The van der Waals surface area contributed by atoms with Gasteiger partial charge < -0.3 is 4.57 Å². The SMILES string of the molecule is Cc1nonc1-c1nc2c(F)cccc2n1Cc1ccc(S(C)(=O)=O)nc1. The second kappa shape index (κ2) is 6.23. The first kappa shape index (κ1) is 17.3. The van der Waals surface area contributed by atoms with Crippen molar-refractivity contribution in [3.8, 4) is 11.5 Å². The van der Waals surface area contributed by atoms with Gasteiger partial charge in [0.2, 0.25) is 0 Å². The Morgan fingerprint density at radius 3 is 2.63 bits per heavy atom. The van der Waals surface area contributed by atoms with Crippen LogP contribution in [0.1, 0.15) is 11.3 Å².